The van der Waals surface area contributed by atoms with Crippen LogP contribution in [0.4, 0.5) is 22.7 Å². The van der Waals surface area contributed by atoms with Crippen LogP contribution in [-0.4, -0.2) is 45.9 Å². The predicted molar refractivity (Wildman–Crippen MR) is 155 cm³/mol. The number of anilines is 4. The third-order valence-electron chi connectivity index (χ3n) is 6.14. The van der Waals surface area contributed by atoms with E-state index in [1.54, 1.807) is 59.9 Å². The van der Waals surface area contributed by atoms with Crippen molar-refractivity contribution < 1.29 is 19.2 Å². The van der Waals surface area contributed by atoms with Gasteiger partial charge >= 0.3 is 0 Å². The summed E-state index contributed by atoms with van der Waals surface area (Å²) in [5, 5.41) is 12.9. The topological polar surface area (TPSA) is 178 Å². The Morgan fingerprint density at radius 3 is 1.43 bits per heavy atom. The molecule has 12 heteroatoms. The van der Waals surface area contributed by atoms with Crippen LogP contribution in [0.1, 0.15) is 33.8 Å². The second-order valence-electron chi connectivity index (χ2n) is 9.31. The van der Waals surface area contributed by atoms with Crippen molar-refractivity contribution in [1.29, 1.82) is 0 Å². The second kappa shape index (κ2) is 12.3. The smallest absolute Gasteiger partial charge is 0.272 e. The number of carbonyl (C=O) groups is 4. The molecule has 0 saturated heterocycles. The first-order chi connectivity index (χ1) is 19.2. The molecule has 4 amide bonds. The molecule has 0 aliphatic rings. The van der Waals surface area contributed by atoms with Gasteiger partial charge < -0.3 is 41.9 Å². The van der Waals surface area contributed by atoms with Crippen molar-refractivity contribution in [1.82, 2.24) is 9.13 Å². The Morgan fingerprint density at radius 2 is 1.02 bits per heavy atom. The molecule has 0 radical (unpaired) electrons. The monoisotopic (exact) mass is 544 g/mol. The molecule has 0 fully saturated rings. The molecule has 0 aliphatic carbocycles. The molecule has 4 aromatic rings. The van der Waals surface area contributed by atoms with Crippen LogP contribution >= 0.6 is 0 Å². The molecule has 2 aromatic carbocycles. The van der Waals surface area contributed by atoms with Crippen molar-refractivity contribution in [3.63, 3.8) is 0 Å². The van der Waals surface area contributed by atoms with Gasteiger partial charge in [0.05, 0.1) is 11.4 Å². The molecule has 0 aliphatic heterocycles. The summed E-state index contributed by atoms with van der Waals surface area (Å²) in [5.41, 5.74) is 13.7. The lowest BCUT2D eigenvalue weighted by atomic mass is 10.1. The van der Waals surface area contributed by atoms with Crippen molar-refractivity contribution in [2.45, 2.75) is 12.8 Å². The summed E-state index contributed by atoms with van der Waals surface area (Å²) in [6.07, 6.45) is 3.69. The summed E-state index contributed by atoms with van der Waals surface area (Å²) >= 11 is 0. The van der Waals surface area contributed by atoms with Crippen LogP contribution in [0.2, 0.25) is 0 Å². The number of fused-ring (bicyclic) bond motifs is 1. The highest BCUT2D eigenvalue weighted by Gasteiger charge is 2.15. The zero-order chi connectivity index (χ0) is 28.8. The van der Waals surface area contributed by atoms with Crippen molar-refractivity contribution in [3.8, 4) is 0 Å². The van der Waals surface area contributed by atoms with E-state index in [-0.39, 0.29) is 49.6 Å². The van der Waals surface area contributed by atoms with Crippen molar-refractivity contribution in [2.75, 3.05) is 34.4 Å². The number of aromatic nitrogens is 2. The Labute approximate surface area is 230 Å². The van der Waals surface area contributed by atoms with E-state index in [1.807, 2.05) is 24.3 Å². The molecule has 8 N–H and O–H groups in total. The summed E-state index contributed by atoms with van der Waals surface area (Å²) in [6.45, 7) is 0.476. The van der Waals surface area contributed by atoms with Crippen molar-refractivity contribution in [2.24, 2.45) is 25.6 Å². The maximum absolute atomic E-state index is 12.9. The molecule has 0 spiro atoms. The van der Waals surface area contributed by atoms with E-state index in [1.165, 1.54) is 0 Å². The first kappa shape index (κ1) is 28.1. The zero-order valence-electron chi connectivity index (χ0n) is 22.3. The Bertz CT molecular complexity index is 1470. The van der Waals surface area contributed by atoms with Gasteiger partial charge in [-0.25, -0.2) is 0 Å². The third kappa shape index (κ3) is 6.73. The molecule has 208 valence electrons. The summed E-state index contributed by atoms with van der Waals surface area (Å²) in [4.78, 5) is 49.5. The molecule has 2 heterocycles. The van der Waals surface area contributed by atoms with E-state index >= 15 is 0 Å². The highest BCUT2D eigenvalue weighted by molar-refractivity contribution is 6.07. The van der Waals surface area contributed by atoms with E-state index in [0.717, 1.165) is 10.8 Å². The molecule has 12 nitrogen and oxygen atoms in total. The Hall–Kier alpha value is -4.94. The molecule has 0 saturated carbocycles. The van der Waals surface area contributed by atoms with E-state index in [9.17, 15) is 19.2 Å². The van der Waals surface area contributed by atoms with Crippen LogP contribution in [0.3, 0.4) is 0 Å². The van der Waals surface area contributed by atoms with E-state index < -0.39 is 0 Å². The quantitative estimate of drug-likeness (QED) is 0.179. The Kier molecular flexibility index (Phi) is 8.62. The van der Waals surface area contributed by atoms with Gasteiger partial charge in [0.15, 0.2) is 0 Å². The number of benzene rings is 2. The lowest BCUT2D eigenvalue weighted by molar-refractivity contribution is -0.116. The zero-order valence-corrected chi connectivity index (χ0v) is 22.3. The summed E-state index contributed by atoms with van der Waals surface area (Å²) < 4.78 is 3.25. The molecule has 0 bridgehead atoms. The SMILES string of the molecule is Cn1cc(NC(=O)CCN)cc1C(=O)Nc1ccc2ccc(NC(=O)c3cc(NC(=O)CCN)cn3C)cc2c1. The van der Waals surface area contributed by atoms with Gasteiger partial charge in [-0.3, -0.25) is 19.2 Å². The van der Waals surface area contributed by atoms with Gasteiger partial charge in [-0.05, 0) is 47.2 Å². The highest BCUT2D eigenvalue weighted by Crippen LogP contribution is 2.25. The number of nitrogens with two attached hydrogens (primary N) is 2. The molecule has 0 atom stereocenters. The highest BCUT2D eigenvalue weighted by atomic mass is 16.2. The largest absolute Gasteiger partial charge is 0.344 e. The number of rotatable bonds is 10. The van der Waals surface area contributed by atoms with Crippen LogP contribution in [0.5, 0.6) is 0 Å². The number of hydrogen-bond donors (Lipinski definition) is 6. The fourth-order valence-corrected chi connectivity index (χ4v) is 4.22. The maximum atomic E-state index is 12.9. The van der Waals surface area contributed by atoms with Crippen LogP contribution in [0.15, 0.2) is 60.9 Å². The molecule has 2 aromatic heterocycles. The summed E-state index contributed by atoms with van der Waals surface area (Å²) in [7, 11) is 3.43. The molecule has 0 unspecified atom stereocenters. The average molecular weight is 545 g/mol. The van der Waals surface area contributed by atoms with Gasteiger partial charge in [-0.2, -0.15) is 0 Å². The summed E-state index contributed by atoms with van der Waals surface area (Å²) in [6, 6.07) is 14.1. The Balaban J connectivity index is 1.46. The lowest BCUT2D eigenvalue weighted by Gasteiger charge is -2.10. The standard InChI is InChI=1S/C28H32N8O4/c1-35-15-21(31-25(37)7-9-29)13-23(35)27(39)33-19-5-3-17-4-6-20(12-18(17)11-19)34-28(40)24-14-22(16-36(24)2)32-26(38)8-10-30/h3-6,11-16H,7-10,29-30H2,1-2H3,(H,31,37)(H,32,38)(H,33,39)(H,34,40). The number of amides is 4. The minimum Gasteiger partial charge on any atom is -0.344 e. The second-order valence-corrected chi connectivity index (χ2v) is 9.31. The average Bonchev–Trinajstić information content (AvgIpc) is 3.45. The molecular weight excluding hydrogens is 512 g/mol. The number of hydrogen-bond acceptors (Lipinski definition) is 6. The molecular formula is C28H32N8O4. The van der Waals surface area contributed by atoms with Crippen molar-refractivity contribution in [3.05, 3.63) is 72.3 Å². The lowest BCUT2D eigenvalue weighted by Crippen LogP contribution is -2.16. The minimum atomic E-state index is -0.344. The first-order valence-corrected chi connectivity index (χ1v) is 12.7. The predicted octanol–water partition coefficient (Wildman–Crippen LogP) is 2.60. The number of nitrogens with zero attached hydrogens (tertiary/aromatic N) is 2. The van der Waals surface area contributed by atoms with E-state index in [4.69, 9.17) is 11.5 Å². The van der Waals surface area contributed by atoms with Gasteiger partial charge in [-0.1, -0.05) is 12.1 Å². The number of nitrogens with one attached hydrogen (secondary N) is 4. The normalized spacial score (nSPS) is 10.8. The molecule has 4 rings (SSSR count). The van der Waals surface area contributed by atoms with Crippen molar-refractivity contribution >= 4 is 57.2 Å². The number of aryl methyl sites for hydroxylation is 2. The fraction of sp³-hybridized carbons (Fsp3) is 0.214. The van der Waals surface area contributed by atoms with Gasteiger partial charge in [0.25, 0.3) is 11.8 Å². The van der Waals surface area contributed by atoms with Gasteiger partial charge in [0.1, 0.15) is 11.4 Å². The fourth-order valence-electron chi connectivity index (χ4n) is 4.22. The van der Waals surface area contributed by atoms with E-state index in [2.05, 4.69) is 21.3 Å². The van der Waals surface area contributed by atoms with Crippen LogP contribution < -0.4 is 32.7 Å². The molecule has 40 heavy (non-hydrogen) atoms. The number of carbonyl (C=O) groups excluding carboxylic acids is 4. The summed E-state index contributed by atoms with van der Waals surface area (Å²) in [5.74, 6) is -1.13. The van der Waals surface area contributed by atoms with Gasteiger partial charge in [0.2, 0.25) is 11.8 Å². The first-order valence-electron chi connectivity index (χ1n) is 12.7. The van der Waals surface area contributed by atoms with Crippen LogP contribution in [-0.2, 0) is 23.7 Å². The minimum absolute atomic E-state index is 0.190. The van der Waals surface area contributed by atoms with Crippen LogP contribution in [0.25, 0.3) is 10.8 Å². The van der Waals surface area contributed by atoms with Gasteiger partial charge in [-0.15, -0.1) is 0 Å². The maximum Gasteiger partial charge on any atom is 0.272 e. The van der Waals surface area contributed by atoms with E-state index in [0.29, 0.717) is 34.1 Å². The third-order valence-corrected chi connectivity index (χ3v) is 6.14. The van der Waals surface area contributed by atoms with Crippen LogP contribution in [0, 0.1) is 0 Å². The Morgan fingerprint density at radius 1 is 0.600 bits per heavy atom. The van der Waals surface area contributed by atoms with Gasteiger partial charge in [0, 0.05) is 63.8 Å².